The summed E-state index contributed by atoms with van der Waals surface area (Å²) in [6.45, 7) is 2.70. The Labute approximate surface area is 206 Å². The molecule has 0 spiro atoms. The number of non-ortho nitro benzene ring substituents is 1. The van der Waals surface area contributed by atoms with Gasteiger partial charge in [0.2, 0.25) is 0 Å². The van der Waals surface area contributed by atoms with Crippen LogP contribution in [-0.2, 0) is 11.3 Å². The van der Waals surface area contributed by atoms with E-state index in [1.807, 2.05) is 43.3 Å². The first-order valence-corrected chi connectivity index (χ1v) is 11.6. The monoisotopic (exact) mass is 490 g/mol. The summed E-state index contributed by atoms with van der Waals surface area (Å²) in [5.41, 5.74) is 2.39. The van der Waals surface area contributed by atoms with Crippen molar-refractivity contribution in [1.29, 1.82) is 0 Å². The van der Waals surface area contributed by atoms with Crippen molar-refractivity contribution in [3.05, 3.63) is 105 Å². The van der Waals surface area contributed by atoms with Crippen LogP contribution in [-0.4, -0.2) is 34.2 Å². The van der Waals surface area contributed by atoms with Crippen LogP contribution in [0.5, 0.6) is 11.5 Å². The van der Waals surface area contributed by atoms with Gasteiger partial charge in [-0.2, -0.15) is 0 Å². The van der Waals surface area contributed by atoms with E-state index in [1.54, 1.807) is 18.2 Å². The van der Waals surface area contributed by atoms with Crippen LogP contribution in [0.2, 0.25) is 0 Å². The minimum Gasteiger partial charge on any atom is -0.490 e. The molecule has 0 unspecified atom stereocenters. The summed E-state index contributed by atoms with van der Waals surface area (Å²) >= 11 is 0.849. The molecule has 0 radical (unpaired) electrons. The number of ether oxygens (including phenoxy) is 2. The Hall–Kier alpha value is -4.11. The van der Waals surface area contributed by atoms with E-state index in [1.165, 1.54) is 24.3 Å². The van der Waals surface area contributed by atoms with Gasteiger partial charge in [-0.05, 0) is 48.5 Å². The van der Waals surface area contributed by atoms with Gasteiger partial charge in [0.1, 0.15) is 24.7 Å². The molecule has 1 heterocycles. The number of nitrogens with zero attached hydrogens (tertiary/aromatic N) is 2. The van der Waals surface area contributed by atoms with Crippen LogP contribution < -0.4 is 9.47 Å². The number of hydrogen-bond acceptors (Lipinski definition) is 7. The fraction of sp³-hybridized carbons (Fsp3) is 0.154. The Morgan fingerprint density at radius 2 is 1.63 bits per heavy atom. The molecule has 0 aliphatic carbocycles. The number of hydrogen-bond donors (Lipinski definition) is 0. The highest BCUT2D eigenvalue weighted by Gasteiger charge is 2.35. The maximum Gasteiger partial charge on any atom is 0.293 e. The molecular formula is C26H22N2O6S. The Morgan fingerprint density at radius 3 is 2.34 bits per heavy atom. The van der Waals surface area contributed by atoms with Crippen LogP contribution in [0.15, 0.2) is 77.7 Å². The number of amides is 2. The smallest absolute Gasteiger partial charge is 0.293 e. The molecule has 178 valence electrons. The lowest BCUT2D eigenvalue weighted by Gasteiger charge is -2.12. The zero-order valence-corrected chi connectivity index (χ0v) is 19.7. The summed E-state index contributed by atoms with van der Waals surface area (Å²) in [4.78, 5) is 37.1. The molecule has 0 bridgehead atoms. The van der Waals surface area contributed by atoms with Crippen molar-refractivity contribution in [3.63, 3.8) is 0 Å². The van der Waals surface area contributed by atoms with Crippen LogP contribution in [0.1, 0.15) is 16.7 Å². The number of nitro groups is 1. The van der Waals surface area contributed by atoms with E-state index >= 15 is 0 Å². The molecule has 1 saturated heterocycles. The molecule has 1 aliphatic heterocycles. The number of thioether (sulfide) groups is 1. The third-order valence-corrected chi connectivity index (χ3v) is 6.11. The average molecular weight is 491 g/mol. The molecule has 0 atom stereocenters. The van der Waals surface area contributed by atoms with Gasteiger partial charge in [0, 0.05) is 17.7 Å². The first-order chi connectivity index (χ1) is 16.9. The Morgan fingerprint density at radius 1 is 0.943 bits per heavy atom. The highest BCUT2D eigenvalue weighted by Crippen LogP contribution is 2.35. The predicted octanol–water partition coefficient (Wildman–Crippen LogP) is 5.60. The molecular weight excluding hydrogens is 468 g/mol. The zero-order valence-electron chi connectivity index (χ0n) is 18.9. The summed E-state index contributed by atoms with van der Waals surface area (Å²) in [5, 5.41) is 10.4. The molecule has 35 heavy (non-hydrogen) atoms. The Kier molecular flexibility index (Phi) is 7.47. The molecule has 1 aliphatic rings. The number of para-hydroxylation sites is 1. The summed E-state index contributed by atoms with van der Waals surface area (Å²) in [6.07, 6.45) is 1.64. The molecule has 3 aromatic carbocycles. The number of aryl methyl sites for hydroxylation is 1. The van der Waals surface area contributed by atoms with Gasteiger partial charge in [-0.3, -0.25) is 24.6 Å². The normalized spacial score (nSPS) is 14.4. The molecule has 0 saturated carbocycles. The lowest BCUT2D eigenvalue weighted by Crippen LogP contribution is -2.27. The van der Waals surface area contributed by atoms with Crippen molar-refractivity contribution in [2.75, 3.05) is 13.2 Å². The van der Waals surface area contributed by atoms with Gasteiger partial charge in [-0.1, -0.05) is 48.0 Å². The van der Waals surface area contributed by atoms with Crippen molar-refractivity contribution in [2.45, 2.75) is 13.5 Å². The second kappa shape index (κ2) is 10.9. The number of benzene rings is 3. The average Bonchev–Trinajstić information content (AvgIpc) is 3.11. The van der Waals surface area contributed by atoms with Gasteiger partial charge in [-0.25, -0.2) is 0 Å². The van der Waals surface area contributed by atoms with Crippen LogP contribution in [0.25, 0.3) is 6.08 Å². The van der Waals surface area contributed by atoms with E-state index in [9.17, 15) is 19.7 Å². The predicted molar refractivity (Wildman–Crippen MR) is 133 cm³/mol. The molecule has 1 fully saturated rings. The van der Waals surface area contributed by atoms with Gasteiger partial charge in [-0.15, -0.1) is 0 Å². The van der Waals surface area contributed by atoms with E-state index in [0.717, 1.165) is 28.0 Å². The maximum atomic E-state index is 12.9. The van der Waals surface area contributed by atoms with Crippen LogP contribution >= 0.6 is 11.8 Å². The molecule has 3 aromatic rings. The lowest BCUT2D eigenvalue weighted by atomic mass is 10.1. The third-order valence-electron chi connectivity index (χ3n) is 5.20. The number of imide groups is 1. The fourth-order valence-corrected chi connectivity index (χ4v) is 4.19. The topological polar surface area (TPSA) is 99.0 Å². The molecule has 4 rings (SSSR count). The van der Waals surface area contributed by atoms with Gasteiger partial charge >= 0.3 is 0 Å². The first-order valence-electron chi connectivity index (χ1n) is 10.8. The maximum absolute atomic E-state index is 12.9. The van der Waals surface area contributed by atoms with Crippen molar-refractivity contribution in [3.8, 4) is 11.5 Å². The summed E-state index contributed by atoms with van der Waals surface area (Å²) in [7, 11) is 0. The number of nitro benzene ring substituents is 1. The summed E-state index contributed by atoms with van der Waals surface area (Å²) in [6, 6.07) is 20.8. The van der Waals surface area contributed by atoms with Crippen molar-refractivity contribution >= 4 is 34.7 Å². The lowest BCUT2D eigenvalue weighted by molar-refractivity contribution is -0.384. The van der Waals surface area contributed by atoms with Crippen LogP contribution in [0.3, 0.4) is 0 Å². The van der Waals surface area contributed by atoms with Gasteiger partial charge < -0.3 is 9.47 Å². The van der Waals surface area contributed by atoms with Gasteiger partial charge in [0.25, 0.3) is 16.8 Å². The Bertz CT molecular complexity index is 1270. The third kappa shape index (κ3) is 6.07. The quantitative estimate of drug-likeness (QED) is 0.167. The molecule has 2 amide bonds. The molecule has 0 N–H and O–H groups in total. The standard InChI is InChI=1S/C26H22N2O6S/c1-18-6-12-22(13-7-18)33-14-15-34-23-5-3-2-4-20(23)16-24-25(29)27(26(30)35-24)17-19-8-10-21(11-9-19)28(31)32/h2-13,16H,14-15,17H2,1H3/b24-16-. The zero-order chi connectivity index (χ0) is 24.8. The highest BCUT2D eigenvalue weighted by molar-refractivity contribution is 8.18. The second-order valence-corrected chi connectivity index (χ2v) is 8.73. The van der Waals surface area contributed by atoms with Crippen molar-refractivity contribution in [2.24, 2.45) is 0 Å². The van der Waals surface area contributed by atoms with Crippen molar-refractivity contribution < 1.29 is 24.0 Å². The minimum atomic E-state index is -0.499. The second-order valence-electron chi connectivity index (χ2n) is 7.74. The van der Waals surface area contributed by atoms with E-state index in [4.69, 9.17) is 9.47 Å². The van der Waals surface area contributed by atoms with E-state index in [2.05, 4.69) is 0 Å². The van der Waals surface area contributed by atoms with Crippen LogP contribution in [0.4, 0.5) is 10.5 Å². The summed E-state index contributed by atoms with van der Waals surface area (Å²) < 4.78 is 11.6. The first kappa shape index (κ1) is 24.0. The number of carbonyl (C=O) groups is 2. The van der Waals surface area contributed by atoms with Crippen molar-refractivity contribution in [1.82, 2.24) is 4.90 Å². The summed E-state index contributed by atoms with van der Waals surface area (Å²) in [5.74, 6) is 0.909. The SMILES string of the molecule is Cc1ccc(OCCOc2ccccc2/C=C2\SC(=O)N(Cc3ccc([N+](=O)[O-])cc3)C2=O)cc1. The molecule has 8 nitrogen and oxygen atoms in total. The Balaban J connectivity index is 1.40. The molecule has 0 aromatic heterocycles. The molecule has 9 heteroatoms. The van der Waals surface area contributed by atoms with E-state index in [0.29, 0.717) is 30.1 Å². The largest absolute Gasteiger partial charge is 0.490 e. The highest BCUT2D eigenvalue weighted by atomic mass is 32.2. The van der Waals surface area contributed by atoms with Gasteiger partial charge in [0.05, 0.1) is 16.4 Å². The van der Waals surface area contributed by atoms with Crippen LogP contribution in [0, 0.1) is 17.0 Å². The fourth-order valence-electron chi connectivity index (χ4n) is 3.36. The van der Waals surface area contributed by atoms with E-state index < -0.39 is 16.1 Å². The minimum absolute atomic E-state index is 0.0362. The van der Waals surface area contributed by atoms with Gasteiger partial charge in [0.15, 0.2) is 0 Å². The number of rotatable bonds is 9. The number of carbonyl (C=O) groups excluding carboxylic acids is 2. The van der Waals surface area contributed by atoms with E-state index in [-0.39, 0.29) is 17.1 Å².